The molecule has 5 heteroatoms. The Morgan fingerprint density at radius 2 is 2.28 bits per heavy atom. The molecule has 0 bridgehead atoms. The highest BCUT2D eigenvalue weighted by Crippen LogP contribution is 2.46. The van der Waals surface area contributed by atoms with Gasteiger partial charge in [-0.1, -0.05) is 28.1 Å². The first-order valence-corrected chi connectivity index (χ1v) is 6.69. The van der Waals surface area contributed by atoms with Gasteiger partial charge in [0, 0.05) is 17.9 Å². The Kier molecular flexibility index (Phi) is 2.75. The van der Waals surface area contributed by atoms with E-state index in [0.29, 0.717) is 0 Å². The zero-order valence-corrected chi connectivity index (χ0v) is 11.9. The molecule has 1 fully saturated rings. The van der Waals surface area contributed by atoms with Crippen molar-refractivity contribution in [3.8, 4) is 0 Å². The van der Waals surface area contributed by atoms with Crippen LogP contribution in [-0.4, -0.2) is 20.9 Å². The van der Waals surface area contributed by atoms with Crippen LogP contribution in [0.2, 0.25) is 0 Å². The van der Waals surface area contributed by atoms with Gasteiger partial charge < -0.3 is 9.30 Å². The van der Waals surface area contributed by atoms with Crippen molar-refractivity contribution in [1.82, 2.24) is 14.8 Å². The monoisotopic (exact) mass is 307 g/mol. The van der Waals surface area contributed by atoms with Crippen molar-refractivity contribution in [3.63, 3.8) is 0 Å². The van der Waals surface area contributed by atoms with E-state index in [0.717, 1.165) is 22.3 Å². The van der Waals surface area contributed by atoms with Crippen LogP contribution in [0.15, 0.2) is 35.1 Å². The van der Waals surface area contributed by atoms with Crippen molar-refractivity contribution in [2.45, 2.75) is 25.0 Å². The van der Waals surface area contributed by atoms with Crippen molar-refractivity contribution in [3.05, 3.63) is 46.5 Å². The molecule has 0 amide bonds. The maximum atomic E-state index is 6.05. The van der Waals surface area contributed by atoms with E-state index in [-0.39, 0.29) is 6.10 Å². The van der Waals surface area contributed by atoms with Gasteiger partial charge in [0.2, 0.25) is 0 Å². The van der Waals surface area contributed by atoms with Crippen LogP contribution in [0.25, 0.3) is 0 Å². The van der Waals surface area contributed by atoms with Crippen LogP contribution in [0.4, 0.5) is 0 Å². The van der Waals surface area contributed by atoms with Gasteiger partial charge in [0.25, 0.3) is 0 Å². The number of rotatable bonds is 2. The topological polar surface area (TPSA) is 39.9 Å². The highest BCUT2D eigenvalue weighted by Gasteiger charge is 2.49. The maximum absolute atomic E-state index is 6.05. The second kappa shape index (κ2) is 4.17. The summed E-state index contributed by atoms with van der Waals surface area (Å²) in [5, 5.41) is 8.19. The first kappa shape index (κ1) is 11.9. The summed E-state index contributed by atoms with van der Waals surface area (Å²) < 4.78 is 9.02. The van der Waals surface area contributed by atoms with Crippen LogP contribution in [0.1, 0.15) is 24.7 Å². The number of hydrogen-bond acceptors (Lipinski definition) is 3. The van der Waals surface area contributed by atoms with Crippen LogP contribution >= 0.6 is 15.9 Å². The quantitative estimate of drug-likeness (QED) is 0.856. The summed E-state index contributed by atoms with van der Waals surface area (Å²) in [5.74, 6) is 0.860. The van der Waals surface area contributed by atoms with Gasteiger partial charge >= 0.3 is 0 Å². The molecular formula is C13H14BrN3O. The van der Waals surface area contributed by atoms with Gasteiger partial charge in [0.05, 0.1) is 6.10 Å². The summed E-state index contributed by atoms with van der Waals surface area (Å²) in [6.45, 7) is 2.08. The predicted molar refractivity (Wildman–Crippen MR) is 71.1 cm³/mol. The molecule has 18 heavy (non-hydrogen) atoms. The van der Waals surface area contributed by atoms with Gasteiger partial charge in [0.15, 0.2) is 11.4 Å². The molecule has 0 unspecified atom stereocenters. The van der Waals surface area contributed by atoms with Gasteiger partial charge in [-0.2, -0.15) is 0 Å². The molecule has 0 spiro atoms. The second-order valence-corrected chi connectivity index (χ2v) is 5.65. The van der Waals surface area contributed by atoms with Gasteiger partial charge in [-0.05, 0) is 24.6 Å². The Balaban J connectivity index is 2.11. The molecule has 2 aromatic rings. The highest BCUT2D eigenvalue weighted by molar-refractivity contribution is 9.10. The number of ether oxygens (including phenoxy) is 1. The Hall–Kier alpha value is -1.20. The van der Waals surface area contributed by atoms with Gasteiger partial charge in [-0.15, -0.1) is 10.2 Å². The van der Waals surface area contributed by atoms with Crippen LogP contribution in [0.3, 0.4) is 0 Å². The molecule has 1 aliphatic heterocycles. The predicted octanol–water partition coefficient (Wildman–Crippen LogP) is 2.63. The number of halogens is 1. The third kappa shape index (κ3) is 1.69. The Morgan fingerprint density at radius 3 is 2.83 bits per heavy atom. The lowest BCUT2D eigenvalue weighted by Gasteiger charge is -2.45. The molecule has 0 saturated carbocycles. The first-order chi connectivity index (χ1) is 8.62. The Morgan fingerprint density at radius 1 is 1.50 bits per heavy atom. The first-order valence-electron chi connectivity index (χ1n) is 5.90. The molecule has 4 nitrogen and oxygen atoms in total. The average Bonchev–Trinajstić information content (AvgIpc) is 2.71. The summed E-state index contributed by atoms with van der Waals surface area (Å²) in [7, 11) is 1.95. The summed E-state index contributed by atoms with van der Waals surface area (Å²) in [5.41, 5.74) is 0.667. The van der Waals surface area contributed by atoms with E-state index < -0.39 is 5.60 Å². The molecule has 1 aromatic heterocycles. The Bertz CT molecular complexity index is 575. The molecule has 0 aliphatic carbocycles. The molecule has 0 N–H and O–H groups in total. The largest absolute Gasteiger partial charge is 0.359 e. The standard InChI is InChI=1S/C13H14BrN3O/c1-9-7-13(18-9,12-16-15-8-17(12)2)10-4-3-5-11(14)6-10/h3-6,8-9H,7H2,1-2H3/t9-,13-/m1/s1. The van der Waals surface area contributed by atoms with Crippen LogP contribution < -0.4 is 0 Å². The maximum Gasteiger partial charge on any atom is 0.169 e. The minimum atomic E-state index is -0.450. The van der Waals surface area contributed by atoms with E-state index in [9.17, 15) is 0 Å². The van der Waals surface area contributed by atoms with E-state index in [4.69, 9.17) is 4.74 Å². The summed E-state index contributed by atoms with van der Waals surface area (Å²) in [6, 6.07) is 8.19. The molecule has 0 radical (unpaired) electrons. The van der Waals surface area contributed by atoms with Crippen molar-refractivity contribution >= 4 is 15.9 Å². The number of aromatic nitrogens is 3. The minimum absolute atomic E-state index is 0.251. The average molecular weight is 308 g/mol. The summed E-state index contributed by atoms with van der Waals surface area (Å²) in [6.07, 6.45) is 2.89. The molecule has 2 heterocycles. The number of aryl methyl sites for hydroxylation is 1. The lowest BCUT2D eigenvalue weighted by molar-refractivity contribution is -0.184. The van der Waals surface area contributed by atoms with Crippen molar-refractivity contribution < 1.29 is 4.74 Å². The Labute approximate surface area is 114 Å². The van der Waals surface area contributed by atoms with Crippen LogP contribution in [0.5, 0.6) is 0 Å². The highest BCUT2D eigenvalue weighted by atomic mass is 79.9. The lowest BCUT2D eigenvalue weighted by Crippen LogP contribution is -2.49. The molecule has 1 aromatic carbocycles. The minimum Gasteiger partial charge on any atom is -0.359 e. The normalized spacial score (nSPS) is 26.9. The third-order valence-corrected chi connectivity index (χ3v) is 3.83. The SMILES string of the molecule is C[C@@H]1C[C@@](c2cccc(Br)c2)(c2nncn2C)O1. The second-order valence-electron chi connectivity index (χ2n) is 4.74. The van der Waals surface area contributed by atoms with E-state index in [1.54, 1.807) is 6.33 Å². The van der Waals surface area contributed by atoms with E-state index >= 15 is 0 Å². The molecule has 94 valence electrons. The summed E-state index contributed by atoms with van der Waals surface area (Å²) in [4.78, 5) is 0. The van der Waals surface area contributed by atoms with Crippen molar-refractivity contribution in [1.29, 1.82) is 0 Å². The van der Waals surface area contributed by atoms with Crippen LogP contribution in [0, 0.1) is 0 Å². The molecule has 1 saturated heterocycles. The van der Waals surface area contributed by atoms with Crippen molar-refractivity contribution in [2.24, 2.45) is 7.05 Å². The fraction of sp³-hybridized carbons (Fsp3) is 0.385. The van der Waals surface area contributed by atoms with Crippen LogP contribution in [-0.2, 0) is 17.4 Å². The molecule has 1 aliphatic rings. The van der Waals surface area contributed by atoms with Gasteiger partial charge in [0.1, 0.15) is 6.33 Å². The number of hydrogen-bond donors (Lipinski definition) is 0. The van der Waals surface area contributed by atoms with E-state index in [2.05, 4.69) is 45.2 Å². The van der Waals surface area contributed by atoms with Gasteiger partial charge in [-0.3, -0.25) is 0 Å². The van der Waals surface area contributed by atoms with E-state index in [1.165, 1.54) is 0 Å². The van der Waals surface area contributed by atoms with Crippen molar-refractivity contribution in [2.75, 3.05) is 0 Å². The third-order valence-electron chi connectivity index (χ3n) is 3.34. The molecule has 3 rings (SSSR count). The summed E-state index contributed by atoms with van der Waals surface area (Å²) >= 11 is 3.51. The zero-order valence-electron chi connectivity index (χ0n) is 10.3. The number of nitrogens with zero attached hydrogens (tertiary/aromatic N) is 3. The fourth-order valence-electron chi connectivity index (χ4n) is 2.59. The van der Waals surface area contributed by atoms with E-state index in [1.807, 2.05) is 23.7 Å². The fourth-order valence-corrected chi connectivity index (χ4v) is 2.99. The number of benzene rings is 1. The zero-order chi connectivity index (χ0) is 12.8. The van der Waals surface area contributed by atoms with Gasteiger partial charge in [-0.25, -0.2) is 0 Å². The molecule has 2 atom stereocenters. The lowest BCUT2D eigenvalue weighted by atomic mass is 9.82. The molecular weight excluding hydrogens is 294 g/mol. The smallest absolute Gasteiger partial charge is 0.169 e.